The molecule has 0 heterocycles. The Morgan fingerprint density at radius 3 is 2.22 bits per heavy atom. The SMILES string of the molecule is O=C(O)/C=C/CC(O)CCCCCCCC(=O)O. The van der Waals surface area contributed by atoms with Crippen molar-refractivity contribution in [1.82, 2.24) is 0 Å². The Labute approximate surface area is 107 Å². The van der Waals surface area contributed by atoms with Gasteiger partial charge in [0.15, 0.2) is 0 Å². The molecule has 0 fully saturated rings. The highest BCUT2D eigenvalue weighted by molar-refractivity contribution is 5.79. The Balaban J connectivity index is 3.32. The topological polar surface area (TPSA) is 94.8 Å². The minimum atomic E-state index is -0.999. The first kappa shape index (κ1) is 16.6. The third-order valence-corrected chi connectivity index (χ3v) is 2.60. The highest BCUT2D eigenvalue weighted by Gasteiger charge is 2.02. The van der Waals surface area contributed by atoms with Crippen molar-refractivity contribution in [2.24, 2.45) is 0 Å². The van der Waals surface area contributed by atoms with Gasteiger partial charge in [-0.1, -0.05) is 31.8 Å². The van der Waals surface area contributed by atoms with Crippen molar-refractivity contribution in [3.8, 4) is 0 Å². The first-order valence-electron chi connectivity index (χ1n) is 6.31. The first-order valence-corrected chi connectivity index (χ1v) is 6.31. The fourth-order valence-electron chi connectivity index (χ4n) is 1.63. The van der Waals surface area contributed by atoms with Crippen molar-refractivity contribution < 1.29 is 24.9 Å². The van der Waals surface area contributed by atoms with Crippen molar-refractivity contribution in [2.45, 2.75) is 57.5 Å². The van der Waals surface area contributed by atoms with Crippen LogP contribution in [-0.2, 0) is 9.59 Å². The molecule has 0 amide bonds. The summed E-state index contributed by atoms with van der Waals surface area (Å²) in [7, 11) is 0. The van der Waals surface area contributed by atoms with Gasteiger partial charge in [-0.05, 0) is 19.3 Å². The van der Waals surface area contributed by atoms with Crippen LogP contribution in [0.1, 0.15) is 51.4 Å². The number of unbranched alkanes of at least 4 members (excludes halogenated alkanes) is 4. The molecule has 5 nitrogen and oxygen atoms in total. The predicted molar refractivity (Wildman–Crippen MR) is 67.4 cm³/mol. The summed E-state index contributed by atoms with van der Waals surface area (Å²) in [6.07, 6.45) is 7.70. The molecule has 0 saturated heterocycles. The third kappa shape index (κ3) is 12.7. The van der Waals surface area contributed by atoms with E-state index in [1.54, 1.807) is 0 Å². The van der Waals surface area contributed by atoms with Crippen LogP contribution in [0.3, 0.4) is 0 Å². The van der Waals surface area contributed by atoms with Crippen LogP contribution in [0.2, 0.25) is 0 Å². The highest BCUT2D eigenvalue weighted by atomic mass is 16.4. The van der Waals surface area contributed by atoms with Gasteiger partial charge in [0, 0.05) is 12.5 Å². The van der Waals surface area contributed by atoms with Crippen molar-refractivity contribution >= 4 is 11.9 Å². The zero-order valence-electron chi connectivity index (χ0n) is 10.5. The maximum atomic E-state index is 10.2. The van der Waals surface area contributed by atoms with Gasteiger partial charge in [-0.25, -0.2) is 4.79 Å². The van der Waals surface area contributed by atoms with Crippen LogP contribution in [-0.4, -0.2) is 33.4 Å². The molecule has 1 atom stereocenters. The molecule has 0 aliphatic carbocycles. The van der Waals surface area contributed by atoms with E-state index in [-0.39, 0.29) is 6.42 Å². The maximum Gasteiger partial charge on any atom is 0.327 e. The smallest absolute Gasteiger partial charge is 0.327 e. The molecular weight excluding hydrogens is 236 g/mol. The fourth-order valence-corrected chi connectivity index (χ4v) is 1.63. The molecule has 18 heavy (non-hydrogen) atoms. The second kappa shape index (κ2) is 10.8. The van der Waals surface area contributed by atoms with Crippen LogP contribution in [0.25, 0.3) is 0 Å². The van der Waals surface area contributed by atoms with E-state index in [2.05, 4.69) is 0 Å². The number of carboxylic acid groups (broad SMARTS) is 2. The van der Waals surface area contributed by atoms with Gasteiger partial charge in [-0.15, -0.1) is 0 Å². The van der Waals surface area contributed by atoms with Crippen LogP contribution in [0.4, 0.5) is 0 Å². The summed E-state index contributed by atoms with van der Waals surface area (Å²) in [6, 6.07) is 0. The summed E-state index contributed by atoms with van der Waals surface area (Å²) in [5.74, 6) is -1.75. The van der Waals surface area contributed by atoms with Gasteiger partial charge >= 0.3 is 11.9 Å². The summed E-state index contributed by atoms with van der Waals surface area (Å²) < 4.78 is 0. The normalized spacial score (nSPS) is 12.7. The van der Waals surface area contributed by atoms with Crippen LogP contribution in [0, 0.1) is 0 Å². The Morgan fingerprint density at radius 1 is 1.00 bits per heavy atom. The van der Waals surface area contributed by atoms with E-state index in [1.165, 1.54) is 6.08 Å². The lowest BCUT2D eigenvalue weighted by atomic mass is 10.1. The number of aliphatic hydroxyl groups excluding tert-OH is 1. The van der Waals surface area contributed by atoms with E-state index in [0.29, 0.717) is 19.3 Å². The standard InChI is InChI=1S/C13H22O5/c14-11(8-6-10-13(17)18)7-4-2-1-3-5-9-12(15)16/h6,10-11,14H,1-5,7-9H2,(H,15,16)(H,17,18)/b10-6+. The number of carbonyl (C=O) groups is 2. The number of aliphatic carboxylic acids is 2. The number of aliphatic hydroxyl groups is 1. The summed E-state index contributed by atoms with van der Waals surface area (Å²) in [5, 5.41) is 26.3. The van der Waals surface area contributed by atoms with Crippen molar-refractivity contribution in [3.63, 3.8) is 0 Å². The Bertz CT molecular complexity index is 273. The van der Waals surface area contributed by atoms with E-state index < -0.39 is 18.0 Å². The van der Waals surface area contributed by atoms with E-state index >= 15 is 0 Å². The molecule has 3 N–H and O–H groups in total. The molecule has 0 spiro atoms. The van der Waals surface area contributed by atoms with Gasteiger partial charge < -0.3 is 15.3 Å². The lowest BCUT2D eigenvalue weighted by Gasteiger charge is -2.07. The number of hydrogen-bond donors (Lipinski definition) is 3. The van der Waals surface area contributed by atoms with Crippen molar-refractivity contribution in [3.05, 3.63) is 12.2 Å². The Hall–Kier alpha value is -1.36. The zero-order chi connectivity index (χ0) is 13.8. The quantitative estimate of drug-likeness (QED) is 0.390. The molecule has 0 rings (SSSR count). The first-order chi connectivity index (χ1) is 8.52. The van der Waals surface area contributed by atoms with Gasteiger partial charge in [-0.2, -0.15) is 0 Å². The summed E-state index contributed by atoms with van der Waals surface area (Å²) in [5.41, 5.74) is 0. The zero-order valence-corrected chi connectivity index (χ0v) is 10.5. The second-order valence-electron chi connectivity index (χ2n) is 4.33. The molecule has 0 aromatic rings. The molecule has 104 valence electrons. The molecular formula is C13H22O5. The molecule has 5 heteroatoms. The molecule has 0 bridgehead atoms. The number of hydrogen-bond acceptors (Lipinski definition) is 3. The molecule has 1 unspecified atom stereocenters. The Kier molecular flexibility index (Phi) is 9.96. The minimum absolute atomic E-state index is 0.225. The lowest BCUT2D eigenvalue weighted by Crippen LogP contribution is -2.04. The highest BCUT2D eigenvalue weighted by Crippen LogP contribution is 2.10. The van der Waals surface area contributed by atoms with Gasteiger partial charge in [-0.3, -0.25) is 4.79 Å². The van der Waals surface area contributed by atoms with Gasteiger partial charge in [0.05, 0.1) is 6.10 Å². The summed E-state index contributed by atoms with van der Waals surface area (Å²) >= 11 is 0. The largest absolute Gasteiger partial charge is 0.481 e. The molecule has 0 radical (unpaired) electrons. The minimum Gasteiger partial charge on any atom is -0.481 e. The van der Waals surface area contributed by atoms with Gasteiger partial charge in [0.1, 0.15) is 0 Å². The summed E-state index contributed by atoms with van der Waals surface area (Å²) in [6.45, 7) is 0. The predicted octanol–water partition coefficient (Wildman–Crippen LogP) is 2.19. The number of carboxylic acids is 2. The molecule has 0 saturated carbocycles. The van der Waals surface area contributed by atoms with E-state index in [0.717, 1.165) is 31.8 Å². The fraction of sp³-hybridized carbons (Fsp3) is 0.692. The van der Waals surface area contributed by atoms with Crippen LogP contribution < -0.4 is 0 Å². The van der Waals surface area contributed by atoms with Crippen molar-refractivity contribution in [1.29, 1.82) is 0 Å². The molecule has 0 aromatic carbocycles. The number of rotatable bonds is 11. The van der Waals surface area contributed by atoms with Crippen molar-refractivity contribution in [2.75, 3.05) is 0 Å². The Morgan fingerprint density at radius 2 is 1.61 bits per heavy atom. The average Bonchev–Trinajstić information content (AvgIpc) is 2.26. The maximum absolute atomic E-state index is 10.2. The van der Waals surface area contributed by atoms with Gasteiger partial charge in [0.2, 0.25) is 0 Å². The average molecular weight is 258 g/mol. The van der Waals surface area contributed by atoms with Gasteiger partial charge in [0.25, 0.3) is 0 Å². The van der Waals surface area contributed by atoms with Crippen LogP contribution in [0.5, 0.6) is 0 Å². The van der Waals surface area contributed by atoms with Crippen LogP contribution >= 0.6 is 0 Å². The second-order valence-corrected chi connectivity index (χ2v) is 4.33. The lowest BCUT2D eigenvalue weighted by molar-refractivity contribution is -0.137. The third-order valence-electron chi connectivity index (χ3n) is 2.60. The molecule has 0 aliphatic heterocycles. The van der Waals surface area contributed by atoms with E-state index in [1.807, 2.05) is 0 Å². The van der Waals surface area contributed by atoms with E-state index in [4.69, 9.17) is 10.2 Å². The van der Waals surface area contributed by atoms with E-state index in [9.17, 15) is 14.7 Å². The molecule has 0 aliphatic rings. The van der Waals surface area contributed by atoms with Crippen LogP contribution in [0.15, 0.2) is 12.2 Å². The monoisotopic (exact) mass is 258 g/mol. The summed E-state index contributed by atoms with van der Waals surface area (Å²) in [4.78, 5) is 20.4. The molecule has 0 aromatic heterocycles.